The Hall–Kier alpha value is -0.790. The summed E-state index contributed by atoms with van der Waals surface area (Å²) in [4.78, 5) is 11.8. The molecule has 0 saturated carbocycles. The average molecular weight is 380 g/mol. The second-order valence-electron chi connectivity index (χ2n) is 8.83. The molecule has 1 unspecified atom stereocenters. The monoisotopic (exact) mass is 379 g/mol. The first-order chi connectivity index (χ1) is 13.1. The van der Waals surface area contributed by atoms with Gasteiger partial charge in [0, 0.05) is 6.04 Å². The minimum atomic E-state index is 0.0634. The third-order valence-electron chi connectivity index (χ3n) is 5.21. The lowest BCUT2D eigenvalue weighted by Gasteiger charge is -2.14. The van der Waals surface area contributed by atoms with Crippen LogP contribution in [-0.4, -0.2) is 11.9 Å². The molecule has 0 aliphatic heterocycles. The first-order valence-electron chi connectivity index (χ1n) is 12.0. The number of rotatable bonds is 19. The second-order valence-corrected chi connectivity index (χ2v) is 8.83. The number of hydrogen-bond acceptors (Lipinski definition) is 1. The van der Waals surface area contributed by atoms with Gasteiger partial charge in [-0.3, -0.25) is 4.79 Å². The maximum atomic E-state index is 11.8. The first-order valence-corrected chi connectivity index (χ1v) is 12.0. The maximum Gasteiger partial charge on any atom is 0.243 e. The molecule has 0 rings (SSSR count). The molecule has 1 N–H and O–H groups in total. The van der Waals surface area contributed by atoms with Gasteiger partial charge in [0.05, 0.1) is 0 Å². The Morgan fingerprint density at radius 3 is 1.63 bits per heavy atom. The molecule has 0 heterocycles. The lowest BCUT2D eigenvalue weighted by molar-refractivity contribution is -0.117. The molecule has 0 bridgehead atoms. The molecular weight excluding hydrogens is 330 g/mol. The van der Waals surface area contributed by atoms with Gasteiger partial charge in [-0.1, -0.05) is 110 Å². The van der Waals surface area contributed by atoms with E-state index in [1.807, 2.05) is 6.08 Å². The van der Waals surface area contributed by atoms with Crippen LogP contribution in [-0.2, 0) is 4.79 Å². The number of nitrogens with one attached hydrogen (secondary N) is 1. The fourth-order valence-corrected chi connectivity index (χ4v) is 3.70. The topological polar surface area (TPSA) is 29.1 Å². The fraction of sp³-hybridized carbons (Fsp3) is 0.880. The van der Waals surface area contributed by atoms with Crippen molar-refractivity contribution < 1.29 is 4.79 Å². The van der Waals surface area contributed by atoms with E-state index in [9.17, 15) is 4.79 Å². The zero-order valence-corrected chi connectivity index (χ0v) is 19.0. The van der Waals surface area contributed by atoms with Gasteiger partial charge in [-0.15, -0.1) is 0 Å². The van der Waals surface area contributed by atoms with Gasteiger partial charge in [-0.2, -0.15) is 0 Å². The molecule has 27 heavy (non-hydrogen) atoms. The number of carbonyl (C=O) groups is 1. The van der Waals surface area contributed by atoms with Crippen LogP contribution < -0.4 is 5.32 Å². The molecule has 2 heteroatoms. The molecule has 2 nitrogen and oxygen atoms in total. The predicted octanol–water partition coefficient (Wildman–Crippen LogP) is 7.96. The van der Waals surface area contributed by atoms with Gasteiger partial charge in [0.1, 0.15) is 0 Å². The molecule has 1 atom stereocenters. The van der Waals surface area contributed by atoms with Crippen LogP contribution in [0, 0.1) is 5.92 Å². The number of carbonyl (C=O) groups excluding carboxylic acids is 1. The largest absolute Gasteiger partial charge is 0.350 e. The van der Waals surface area contributed by atoms with Crippen LogP contribution in [0.2, 0.25) is 0 Å². The molecule has 0 saturated heterocycles. The smallest absolute Gasteiger partial charge is 0.243 e. The third kappa shape index (κ3) is 21.4. The molecule has 0 aliphatic carbocycles. The van der Waals surface area contributed by atoms with E-state index in [1.54, 1.807) is 6.08 Å². The lowest BCUT2D eigenvalue weighted by Crippen LogP contribution is -2.32. The summed E-state index contributed by atoms with van der Waals surface area (Å²) in [6, 6.07) is 0.267. The van der Waals surface area contributed by atoms with E-state index in [0.717, 1.165) is 12.8 Å². The van der Waals surface area contributed by atoms with Crippen molar-refractivity contribution in [1.82, 2.24) is 5.32 Å². The summed E-state index contributed by atoms with van der Waals surface area (Å²) >= 11 is 0. The summed E-state index contributed by atoms with van der Waals surface area (Å²) in [5.74, 6) is 0.688. The molecular formula is C25H49NO. The van der Waals surface area contributed by atoms with Gasteiger partial charge < -0.3 is 5.32 Å². The average Bonchev–Trinajstić information content (AvgIpc) is 2.60. The first kappa shape index (κ1) is 26.2. The quantitative estimate of drug-likeness (QED) is 0.179. The van der Waals surface area contributed by atoms with E-state index in [-0.39, 0.29) is 11.9 Å². The Morgan fingerprint density at radius 2 is 1.19 bits per heavy atom. The molecule has 0 aromatic rings. The summed E-state index contributed by atoms with van der Waals surface area (Å²) in [5, 5.41) is 3.04. The number of allylic oxidation sites excluding steroid dienone is 1. The highest BCUT2D eigenvalue weighted by atomic mass is 16.1. The van der Waals surface area contributed by atoms with Gasteiger partial charge in [0.25, 0.3) is 0 Å². The highest BCUT2D eigenvalue weighted by Crippen LogP contribution is 2.13. The van der Waals surface area contributed by atoms with Gasteiger partial charge in [-0.05, 0) is 38.2 Å². The predicted molar refractivity (Wildman–Crippen MR) is 121 cm³/mol. The van der Waals surface area contributed by atoms with Gasteiger partial charge in [0.15, 0.2) is 0 Å². The SMILES string of the molecule is CCCCCCCCCCCCCCCCC=CC(=O)NC(C)CC(C)C. The summed E-state index contributed by atoms with van der Waals surface area (Å²) in [5.41, 5.74) is 0. The minimum absolute atomic E-state index is 0.0634. The molecule has 0 aliphatic rings. The highest BCUT2D eigenvalue weighted by molar-refractivity contribution is 5.87. The number of unbranched alkanes of at least 4 members (excludes halogenated alkanes) is 14. The van der Waals surface area contributed by atoms with Gasteiger partial charge in [0.2, 0.25) is 5.91 Å². The van der Waals surface area contributed by atoms with Gasteiger partial charge in [-0.25, -0.2) is 0 Å². The molecule has 1 amide bonds. The van der Waals surface area contributed by atoms with E-state index < -0.39 is 0 Å². The zero-order valence-electron chi connectivity index (χ0n) is 19.0. The zero-order chi connectivity index (χ0) is 20.2. The van der Waals surface area contributed by atoms with Crippen molar-refractivity contribution in [2.24, 2.45) is 5.92 Å². The number of hydrogen-bond donors (Lipinski definition) is 1. The Balaban J connectivity index is 3.29. The van der Waals surface area contributed by atoms with E-state index in [2.05, 4.69) is 33.0 Å². The van der Waals surface area contributed by atoms with E-state index >= 15 is 0 Å². The fourth-order valence-electron chi connectivity index (χ4n) is 3.70. The van der Waals surface area contributed by atoms with Crippen LogP contribution in [0.1, 0.15) is 130 Å². The maximum absolute atomic E-state index is 11.8. The van der Waals surface area contributed by atoms with Crippen LogP contribution in [0.15, 0.2) is 12.2 Å². The summed E-state index contributed by atoms with van der Waals surface area (Å²) in [7, 11) is 0. The molecule has 160 valence electrons. The molecule has 0 fully saturated rings. The van der Waals surface area contributed by atoms with Crippen LogP contribution in [0.3, 0.4) is 0 Å². The van der Waals surface area contributed by atoms with Crippen molar-refractivity contribution in [2.45, 2.75) is 136 Å². The Kier molecular flexibility index (Phi) is 19.4. The van der Waals surface area contributed by atoms with E-state index in [0.29, 0.717) is 5.92 Å². The van der Waals surface area contributed by atoms with Crippen molar-refractivity contribution in [3.63, 3.8) is 0 Å². The normalized spacial score (nSPS) is 12.8. The van der Waals surface area contributed by atoms with Crippen molar-refractivity contribution in [1.29, 1.82) is 0 Å². The van der Waals surface area contributed by atoms with E-state index in [1.165, 1.54) is 89.9 Å². The summed E-state index contributed by atoms with van der Waals surface area (Å²) < 4.78 is 0. The molecule has 0 aromatic heterocycles. The number of amides is 1. The third-order valence-corrected chi connectivity index (χ3v) is 5.21. The van der Waals surface area contributed by atoms with E-state index in [4.69, 9.17) is 0 Å². The Bertz CT molecular complexity index is 348. The molecule has 0 radical (unpaired) electrons. The van der Waals surface area contributed by atoms with Gasteiger partial charge >= 0.3 is 0 Å². The minimum Gasteiger partial charge on any atom is -0.350 e. The highest BCUT2D eigenvalue weighted by Gasteiger charge is 2.06. The summed E-state index contributed by atoms with van der Waals surface area (Å²) in [6.45, 7) is 8.74. The van der Waals surface area contributed by atoms with Crippen molar-refractivity contribution in [2.75, 3.05) is 0 Å². The molecule has 0 spiro atoms. The Labute approximate surface area is 171 Å². The van der Waals surface area contributed by atoms with Crippen LogP contribution in [0.4, 0.5) is 0 Å². The van der Waals surface area contributed by atoms with Crippen LogP contribution in [0.25, 0.3) is 0 Å². The van der Waals surface area contributed by atoms with Crippen LogP contribution >= 0.6 is 0 Å². The standard InChI is InChI=1S/C25H49NO/c1-5-6-7-8-9-10-11-12-13-14-15-16-17-18-19-20-21-25(27)26-24(4)22-23(2)3/h20-21,23-24H,5-19,22H2,1-4H3,(H,26,27). The second kappa shape index (κ2) is 20.0. The van der Waals surface area contributed by atoms with Crippen molar-refractivity contribution >= 4 is 5.91 Å². The Morgan fingerprint density at radius 1 is 0.741 bits per heavy atom. The summed E-state index contributed by atoms with van der Waals surface area (Å²) in [6.07, 6.45) is 25.3. The lowest BCUT2D eigenvalue weighted by atomic mass is 10.0. The van der Waals surface area contributed by atoms with Crippen LogP contribution in [0.5, 0.6) is 0 Å². The van der Waals surface area contributed by atoms with Crippen molar-refractivity contribution in [3.8, 4) is 0 Å². The van der Waals surface area contributed by atoms with Crippen molar-refractivity contribution in [3.05, 3.63) is 12.2 Å². The molecule has 0 aromatic carbocycles.